The number of carbonyl (C=O) groups is 2. The minimum absolute atomic E-state index is 0.104. The molecular weight excluding hydrogens is 222 g/mol. The van der Waals surface area contributed by atoms with E-state index < -0.39 is 18.1 Å². The van der Waals surface area contributed by atoms with Crippen LogP contribution in [0.3, 0.4) is 0 Å². The lowest BCUT2D eigenvalue weighted by Crippen LogP contribution is -2.42. The van der Waals surface area contributed by atoms with E-state index in [0.29, 0.717) is 6.42 Å². The van der Waals surface area contributed by atoms with E-state index in [2.05, 4.69) is 18.5 Å². The van der Waals surface area contributed by atoms with E-state index in [-0.39, 0.29) is 13.2 Å². The monoisotopic (exact) mass is 241 g/mol. The van der Waals surface area contributed by atoms with Crippen molar-refractivity contribution in [1.29, 1.82) is 0 Å². The molecule has 0 aromatic rings. The van der Waals surface area contributed by atoms with Gasteiger partial charge in [0.05, 0.1) is 0 Å². The number of ether oxygens (including phenoxy) is 2. The number of hydrogen-bond donors (Lipinski definition) is 1. The molecule has 0 bridgehead atoms. The summed E-state index contributed by atoms with van der Waals surface area (Å²) in [6.07, 6.45) is 3.51. The first-order chi connectivity index (χ1) is 8.15. The van der Waals surface area contributed by atoms with Crippen LogP contribution in [0.5, 0.6) is 0 Å². The lowest BCUT2D eigenvalue weighted by molar-refractivity contribution is -0.145. The van der Waals surface area contributed by atoms with E-state index in [0.717, 1.165) is 6.42 Å². The molecule has 0 fully saturated rings. The third-order valence-corrected chi connectivity index (χ3v) is 1.83. The highest BCUT2D eigenvalue weighted by Gasteiger charge is 2.21. The van der Waals surface area contributed by atoms with Crippen molar-refractivity contribution in [2.75, 3.05) is 13.2 Å². The molecule has 0 aliphatic heterocycles. The van der Waals surface area contributed by atoms with Crippen molar-refractivity contribution in [3.8, 4) is 0 Å². The topological polar surface area (TPSA) is 64.6 Å². The smallest absolute Gasteiger partial charge is 0.408 e. The number of esters is 1. The molecule has 0 saturated heterocycles. The first kappa shape index (κ1) is 15.2. The molecule has 0 saturated carbocycles. The van der Waals surface area contributed by atoms with Gasteiger partial charge < -0.3 is 14.8 Å². The van der Waals surface area contributed by atoms with Crippen LogP contribution in [-0.2, 0) is 14.3 Å². The fourth-order valence-electron chi connectivity index (χ4n) is 1.10. The van der Waals surface area contributed by atoms with E-state index in [1.54, 1.807) is 0 Å². The van der Waals surface area contributed by atoms with Crippen LogP contribution < -0.4 is 5.32 Å². The van der Waals surface area contributed by atoms with E-state index in [1.807, 2.05) is 6.92 Å². The molecule has 1 unspecified atom stereocenters. The first-order valence-corrected chi connectivity index (χ1v) is 5.47. The van der Waals surface area contributed by atoms with Crippen LogP contribution in [-0.4, -0.2) is 31.3 Å². The molecule has 1 amide bonds. The molecule has 0 heterocycles. The van der Waals surface area contributed by atoms with Crippen LogP contribution in [0.15, 0.2) is 25.3 Å². The molecule has 1 N–H and O–H groups in total. The van der Waals surface area contributed by atoms with Crippen LogP contribution in [0, 0.1) is 0 Å². The number of amides is 1. The molecule has 0 aliphatic carbocycles. The third kappa shape index (κ3) is 7.16. The number of nitrogens with one attached hydrogen (secondary N) is 1. The summed E-state index contributed by atoms with van der Waals surface area (Å²) >= 11 is 0. The molecule has 0 radical (unpaired) electrons. The highest BCUT2D eigenvalue weighted by Crippen LogP contribution is 2.00. The molecule has 0 aliphatic rings. The Hall–Kier alpha value is -1.78. The molecule has 0 aromatic heterocycles. The van der Waals surface area contributed by atoms with Gasteiger partial charge in [0.2, 0.25) is 0 Å². The van der Waals surface area contributed by atoms with Gasteiger partial charge in [-0.2, -0.15) is 0 Å². The maximum absolute atomic E-state index is 11.5. The van der Waals surface area contributed by atoms with Gasteiger partial charge in [-0.15, -0.1) is 0 Å². The Morgan fingerprint density at radius 2 is 1.82 bits per heavy atom. The standard InChI is InChI=1S/C12H19NO4/c1-4-7-10(11(14)16-8-5-2)13-12(15)17-9-6-3/h5-6,10H,2-4,7-9H2,1H3,(H,13,15). The van der Waals surface area contributed by atoms with E-state index in [9.17, 15) is 9.59 Å². The number of carbonyl (C=O) groups excluding carboxylic acids is 2. The highest BCUT2D eigenvalue weighted by atomic mass is 16.6. The molecule has 5 heteroatoms. The third-order valence-electron chi connectivity index (χ3n) is 1.83. The largest absolute Gasteiger partial charge is 0.460 e. The minimum atomic E-state index is -0.683. The number of hydrogen-bond acceptors (Lipinski definition) is 4. The Balaban J connectivity index is 4.20. The predicted octanol–water partition coefficient (Wildman–Crippen LogP) is 1.80. The van der Waals surface area contributed by atoms with Crippen molar-refractivity contribution in [1.82, 2.24) is 5.32 Å². The van der Waals surface area contributed by atoms with Crippen LogP contribution in [0.2, 0.25) is 0 Å². The van der Waals surface area contributed by atoms with Gasteiger partial charge in [0.15, 0.2) is 0 Å². The average molecular weight is 241 g/mol. The van der Waals surface area contributed by atoms with Gasteiger partial charge in [0, 0.05) is 0 Å². The molecule has 0 aromatic carbocycles. The van der Waals surface area contributed by atoms with Crippen LogP contribution >= 0.6 is 0 Å². The summed E-state index contributed by atoms with van der Waals surface area (Å²) in [6.45, 7) is 8.99. The molecule has 0 spiro atoms. The Bertz CT molecular complexity index is 276. The van der Waals surface area contributed by atoms with Gasteiger partial charge in [-0.05, 0) is 6.42 Å². The van der Waals surface area contributed by atoms with Crippen molar-refractivity contribution in [2.24, 2.45) is 0 Å². The summed E-state index contributed by atoms with van der Waals surface area (Å²) in [7, 11) is 0. The lowest BCUT2D eigenvalue weighted by Gasteiger charge is -2.15. The van der Waals surface area contributed by atoms with Crippen LogP contribution in [0.4, 0.5) is 4.79 Å². The van der Waals surface area contributed by atoms with Crippen molar-refractivity contribution < 1.29 is 19.1 Å². The van der Waals surface area contributed by atoms with Gasteiger partial charge >= 0.3 is 12.1 Å². The Labute approximate surface area is 101 Å². The van der Waals surface area contributed by atoms with Gasteiger partial charge in [-0.1, -0.05) is 38.7 Å². The zero-order valence-corrected chi connectivity index (χ0v) is 10.1. The molecular formula is C12H19NO4. The highest BCUT2D eigenvalue weighted by molar-refractivity contribution is 5.81. The molecule has 0 rings (SSSR count). The van der Waals surface area contributed by atoms with E-state index >= 15 is 0 Å². The maximum atomic E-state index is 11.5. The van der Waals surface area contributed by atoms with Crippen LogP contribution in [0.25, 0.3) is 0 Å². The normalized spacial score (nSPS) is 11.1. The van der Waals surface area contributed by atoms with E-state index in [1.165, 1.54) is 12.2 Å². The first-order valence-electron chi connectivity index (χ1n) is 5.47. The summed E-state index contributed by atoms with van der Waals surface area (Å²) in [4.78, 5) is 22.8. The van der Waals surface area contributed by atoms with Crippen molar-refractivity contribution in [3.63, 3.8) is 0 Å². The number of rotatable bonds is 8. The van der Waals surface area contributed by atoms with Crippen molar-refractivity contribution >= 4 is 12.1 Å². The summed E-state index contributed by atoms with van der Waals surface area (Å²) in [6, 6.07) is -0.683. The fraction of sp³-hybridized carbons (Fsp3) is 0.500. The molecule has 96 valence electrons. The fourth-order valence-corrected chi connectivity index (χ4v) is 1.10. The Morgan fingerprint density at radius 3 is 2.35 bits per heavy atom. The van der Waals surface area contributed by atoms with Crippen LogP contribution in [0.1, 0.15) is 19.8 Å². The summed E-state index contributed by atoms with van der Waals surface area (Å²) < 4.78 is 9.59. The maximum Gasteiger partial charge on any atom is 0.408 e. The molecule has 17 heavy (non-hydrogen) atoms. The quantitative estimate of drug-likeness (QED) is 0.520. The minimum Gasteiger partial charge on any atom is -0.460 e. The Morgan fingerprint density at radius 1 is 1.24 bits per heavy atom. The van der Waals surface area contributed by atoms with Gasteiger partial charge in [0.25, 0.3) is 0 Å². The van der Waals surface area contributed by atoms with Crippen molar-refractivity contribution in [3.05, 3.63) is 25.3 Å². The molecule has 5 nitrogen and oxygen atoms in total. The van der Waals surface area contributed by atoms with Gasteiger partial charge in [0.1, 0.15) is 19.3 Å². The Kier molecular flexibility index (Phi) is 8.46. The van der Waals surface area contributed by atoms with Crippen molar-refractivity contribution in [2.45, 2.75) is 25.8 Å². The molecule has 1 atom stereocenters. The average Bonchev–Trinajstić information content (AvgIpc) is 2.32. The second-order valence-corrected chi connectivity index (χ2v) is 3.29. The zero-order chi connectivity index (χ0) is 13.1. The van der Waals surface area contributed by atoms with Gasteiger partial charge in [-0.25, -0.2) is 9.59 Å². The SMILES string of the molecule is C=CCOC(=O)NC(CCC)C(=O)OCC=C. The summed E-state index contributed by atoms with van der Waals surface area (Å²) in [5.41, 5.74) is 0. The number of alkyl carbamates (subject to hydrolysis) is 1. The zero-order valence-electron chi connectivity index (χ0n) is 10.1. The lowest BCUT2D eigenvalue weighted by atomic mass is 10.2. The summed E-state index contributed by atoms with van der Waals surface area (Å²) in [5.74, 6) is -0.484. The van der Waals surface area contributed by atoms with Gasteiger partial charge in [-0.3, -0.25) is 0 Å². The van der Waals surface area contributed by atoms with E-state index in [4.69, 9.17) is 9.47 Å². The summed E-state index contributed by atoms with van der Waals surface area (Å²) in [5, 5.41) is 2.44. The predicted molar refractivity (Wildman–Crippen MR) is 64.5 cm³/mol. The second-order valence-electron chi connectivity index (χ2n) is 3.29. The second kappa shape index (κ2) is 9.45.